The molecule has 1 saturated heterocycles. The van der Waals surface area contributed by atoms with Crippen LogP contribution < -0.4 is 16.4 Å². The highest BCUT2D eigenvalue weighted by atomic mass is 16.3. The molecule has 0 spiro atoms. The van der Waals surface area contributed by atoms with E-state index in [1.807, 2.05) is 4.90 Å². The van der Waals surface area contributed by atoms with Crippen LogP contribution in [0, 0.1) is 5.41 Å². The number of aromatic nitrogens is 2. The van der Waals surface area contributed by atoms with E-state index in [1.165, 1.54) is 0 Å². The minimum absolute atomic E-state index is 0.0784. The van der Waals surface area contributed by atoms with Crippen LogP contribution in [-0.2, 0) is 0 Å². The van der Waals surface area contributed by atoms with Gasteiger partial charge in [-0.15, -0.1) is 0 Å². The first kappa shape index (κ1) is 11.6. The Morgan fingerprint density at radius 2 is 2.18 bits per heavy atom. The minimum atomic E-state index is -0.742. The molecule has 0 bridgehead atoms. The summed E-state index contributed by atoms with van der Waals surface area (Å²) < 4.78 is 0. The molecule has 6 N–H and O–H groups in total. The number of nitrogens with one attached hydrogen (secondary N) is 1. The van der Waals surface area contributed by atoms with Crippen LogP contribution in [0.1, 0.15) is 18.9 Å². The zero-order valence-corrected chi connectivity index (χ0v) is 9.64. The highest BCUT2D eigenvalue weighted by molar-refractivity contribution is 5.90. The zero-order valence-electron chi connectivity index (χ0n) is 9.64. The van der Waals surface area contributed by atoms with Gasteiger partial charge >= 0.3 is 0 Å². The van der Waals surface area contributed by atoms with Gasteiger partial charge < -0.3 is 26.9 Å². The van der Waals surface area contributed by atoms with Crippen molar-refractivity contribution in [2.24, 2.45) is 0 Å². The lowest BCUT2D eigenvalue weighted by atomic mass is 10.1. The molecular weight excluding hydrogens is 220 g/mol. The Morgan fingerprint density at radius 1 is 1.47 bits per heavy atom. The average molecular weight is 236 g/mol. The molecule has 7 heteroatoms. The van der Waals surface area contributed by atoms with E-state index in [0.717, 1.165) is 6.21 Å². The van der Waals surface area contributed by atoms with Gasteiger partial charge in [0.05, 0.1) is 11.2 Å². The van der Waals surface area contributed by atoms with Gasteiger partial charge in [0.25, 0.3) is 0 Å². The minimum Gasteiger partial charge on any atom is -0.388 e. The van der Waals surface area contributed by atoms with Gasteiger partial charge in [-0.3, -0.25) is 0 Å². The van der Waals surface area contributed by atoms with Gasteiger partial charge in [-0.2, -0.15) is 9.97 Å². The Hall–Kier alpha value is -1.89. The van der Waals surface area contributed by atoms with Crippen molar-refractivity contribution < 1.29 is 5.11 Å². The van der Waals surface area contributed by atoms with Gasteiger partial charge in [-0.25, -0.2) is 0 Å². The number of nitrogens with zero attached hydrogens (tertiary/aromatic N) is 3. The third kappa shape index (κ3) is 2.14. The van der Waals surface area contributed by atoms with Crippen molar-refractivity contribution in [2.75, 3.05) is 29.5 Å². The van der Waals surface area contributed by atoms with Gasteiger partial charge in [0.1, 0.15) is 11.6 Å². The second-order valence-electron chi connectivity index (χ2n) is 4.52. The quantitative estimate of drug-likeness (QED) is 0.518. The summed E-state index contributed by atoms with van der Waals surface area (Å²) in [6, 6.07) is 0. The predicted octanol–water partition coefficient (Wildman–Crippen LogP) is -0.400. The fourth-order valence-corrected chi connectivity index (χ4v) is 2.00. The largest absolute Gasteiger partial charge is 0.388 e. The Morgan fingerprint density at radius 3 is 2.71 bits per heavy atom. The topological polar surface area (TPSA) is 125 Å². The first-order chi connectivity index (χ1) is 7.93. The Balaban J connectivity index is 2.42. The summed E-state index contributed by atoms with van der Waals surface area (Å²) in [4.78, 5) is 9.79. The van der Waals surface area contributed by atoms with Crippen molar-refractivity contribution in [1.29, 1.82) is 5.41 Å². The average Bonchev–Trinajstić information content (AvgIpc) is 2.57. The second kappa shape index (κ2) is 3.85. The van der Waals surface area contributed by atoms with Crippen LogP contribution >= 0.6 is 0 Å². The number of hydrogen-bond donors (Lipinski definition) is 4. The van der Waals surface area contributed by atoms with E-state index in [-0.39, 0.29) is 11.8 Å². The van der Waals surface area contributed by atoms with Crippen molar-refractivity contribution in [1.82, 2.24) is 9.97 Å². The monoisotopic (exact) mass is 236 g/mol. The molecule has 0 aliphatic carbocycles. The molecule has 0 aromatic carbocycles. The summed E-state index contributed by atoms with van der Waals surface area (Å²) in [5, 5.41) is 17.3. The molecule has 92 valence electrons. The smallest absolute Gasteiger partial charge is 0.223 e. The zero-order chi connectivity index (χ0) is 12.6. The number of anilines is 3. The lowest BCUT2D eigenvalue weighted by Gasteiger charge is -2.21. The standard InChI is InChI=1S/C10H16N6O/c1-10(17)2-3-16(5-10)8-6(4-11)7(12)14-9(13)15-8/h4,11,17H,2-3,5H2,1H3,(H4,12,13,14,15). The molecule has 1 unspecified atom stereocenters. The van der Waals surface area contributed by atoms with Gasteiger partial charge in [0.2, 0.25) is 5.95 Å². The molecule has 1 atom stereocenters. The molecule has 1 fully saturated rings. The molecule has 1 aromatic heterocycles. The molecule has 1 aliphatic rings. The Bertz CT molecular complexity index is 458. The van der Waals surface area contributed by atoms with Crippen LogP contribution in [0.5, 0.6) is 0 Å². The molecule has 2 rings (SSSR count). The van der Waals surface area contributed by atoms with Crippen LogP contribution in [0.2, 0.25) is 0 Å². The van der Waals surface area contributed by atoms with Gasteiger partial charge in [-0.1, -0.05) is 0 Å². The molecule has 0 radical (unpaired) electrons. The highest BCUT2D eigenvalue weighted by Crippen LogP contribution is 2.29. The Labute approximate surface area is 99.0 Å². The van der Waals surface area contributed by atoms with Crippen molar-refractivity contribution in [3.05, 3.63) is 5.56 Å². The molecule has 1 aliphatic heterocycles. The van der Waals surface area contributed by atoms with Gasteiger partial charge in [0, 0.05) is 19.3 Å². The molecular formula is C10H16N6O. The molecule has 0 saturated carbocycles. The number of β-amino-alcohol motifs (C(OH)–C–C–N with tert-alkyl or cyclic N) is 1. The third-order valence-electron chi connectivity index (χ3n) is 2.87. The number of nitrogens with two attached hydrogens (primary N) is 2. The van der Waals surface area contributed by atoms with E-state index in [9.17, 15) is 5.11 Å². The SMILES string of the molecule is CC1(O)CCN(c2nc(N)nc(N)c2C=N)C1. The lowest BCUT2D eigenvalue weighted by molar-refractivity contribution is 0.0839. The van der Waals surface area contributed by atoms with E-state index in [0.29, 0.717) is 30.9 Å². The summed E-state index contributed by atoms with van der Waals surface area (Å²) in [6.07, 6.45) is 1.76. The Kier molecular flexibility index (Phi) is 2.62. The van der Waals surface area contributed by atoms with Crippen molar-refractivity contribution in [3.8, 4) is 0 Å². The fourth-order valence-electron chi connectivity index (χ4n) is 2.00. The third-order valence-corrected chi connectivity index (χ3v) is 2.87. The molecule has 0 amide bonds. The van der Waals surface area contributed by atoms with E-state index < -0.39 is 5.60 Å². The molecule has 2 heterocycles. The first-order valence-electron chi connectivity index (χ1n) is 5.34. The molecule has 1 aromatic rings. The van der Waals surface area contributed by atoms with Gasteiger partial charge in [0.15, 0.2) is 0 Å². The van der Waals surface area contributed by atoms with Gasteiger partial charge in [-0.05, 0) is 13.3 Å². The number of hydrogen-bond acceptors (Lipinski definition) is 7. The van der Waals surface area contributed by atoms with E-state index in [1.54, 1.807) is 6.92 Å². The molecule has 17 heavy (non-hydrogen) atoms. The first-order valence-corrected chi connectivity index (χ1v) is 5.34. The van der Waals surface area contributed by atoms with Crippen molar-refractivity contribution in [2.45, 2.75) is 18.9 Å². The van der Waals surface area contributed by atoms with Crippen molar-refractivity contribution in [3.63, 3.8) is 0 Å². The number of aliphatic hydroxyl groups is 1. The summed E-state index contributed by atoms with van der Waals surface area (Å²) in [5.41, 5.74) is 10.9. The van der Waals surface area contributed by atoms with E-state index in [4.69, 9.17) is 16.9 Å². The van der Waals surface area contributed by atoms with Crippen LogP contribution in [-0.4, -0.2) is 40.0 Å². The highest BCUT2D eigenvalue weighted by Gasteiger charge is 2.33. The lowest BCUT2D eigenvalue weighted by Crippen LogP contribution is -2.31. The van der Waals surface area contributed by atoms with Crippen LogP contribution in [0.3, 0.4) is 0 Å². The summed E-state index contributed by atoms with van der Waals surface area (Å²) in [5.74, 6) is 0.784. The summed E-state index contributed by atoms with van der Waals surface area (Å²) in [7, 11) is 0. The maximum Gasteiger partial charge on any atom is 0.223 e. The maximum atomic E-state index is 9.92. The predicted molar refractivity (Wildman–Crippen MR) is 66.2 cm³/mol. The summed E-state index contributed by atoms with van der Waals surface area (Å²) >= 11 is 0. The second-order valence-corrected chi connectivity index (χ2v) is 4.52. The van der Waals surface area contributed by atoms with Crippen molar-refractivity contribution >= 4 is 23.8 Å². The number of rotatable bonds is 2. The van der Waals surface area contributed by atoms with E-state index in [2.05, 4.69) is 9.97 Å². The van der Waals surface area contributed by atoms with Crippen LogP contribution in [0.15, 0.2) is 0 Å². The number of nitrogen functional groups attached to an aromatic ring is 2. The van der Waals surface area contributed by atoms with E-state index >= 15 is 0 Å². The van der Waals surface area contributed by atoms with Crippen LogP contribution in [0.4, 0.5) is 17.6 Å². The summed E-state index contributed by atoms with van der Waals surface area (Å²) in [6.45, 7) is 2.87. The van der Waals surface area contributed by atoms with Crippen LogP contribution in [0.25, 0.3) is 0 Å². The normalized spacial score (nSPS) is 24.0. The molecule has 7 nitrogen and oxygen atoms in total. The maximum absolute atomic E-state index is 9.92. The fraction of sp³-hybridized carbons (Fsp3) is 0.500.